The van der Waals surface area contributed by atoms with Crippen LogP contribution in [-0.4, -0.2) is 44.5 Å². The van der Waals surface area contributed by atoms with Crippen molar-refractivity contribution in [2.24, 2.45) is 5.92 Å². The molecule has 1 aromatic heterocycles. The van der Waals surface area contributed by atoms with Crippen LogP contribution in [-0.2, 0) is 10.0 Å². The molecule has 9 heteroatoms. The zero-order valence-electron chi connectivity index (χ0n) is 11.4. The Hall–Kier alpha value is -0.340. The van der Waals surface area contributed by atoms with Gasteiger partial charge in [0.05, 0.1) is 16.2 Å². The molecule has 1 N–H and O–H groups in total. The monoisotopic (exact) mass is 370 g/mol. The molecule has 5 nitrogen and oxygen atoms in total. The molecule has 1 amide bonds. The summed E-state index contributed by atoms with van der Waals surface area (Å²) in [5.74, 6) is 0.0357. The van der Waals surface area contributed by atoms with Gasteiger partial charge in [-0.05, 0) is 24.8 Å². The van der Waals surface area contributed by atoms with Crippen LogP contribution >= 0.6 is 34.5 Å². The standard InChI is InChI=1S/C12H16Cl2N2O3S2/c1-21(18,19)16-4-2-8(3-5-16)7-15-12(17)9-6-10(13)20-11(9)14/h6,8H,2-5,7H2,1H3,(H,15,17). The van der Waals surface area contributed by atoms with E-state index >= 15 is 0 Å². The normalized spacial score (nSPS) is 17.9. The van der Waals surface area contributed by atoms with Gasteiger partial charge in [-0.2, -0.15) is 0 Å². The molecule has 0 atom stereocenters. The van der Waals surface area contributed by atoms with E-state index in [1.807, 2.05) is 0 Å². The summed E-state index contributed by atoms with van der Waals surface area (Å²) >= 11 is 12.9. The van der Waals surface area contributed by atoms with E-state index in [9.17, 15) is 13.2 Å². The topological polar surface area (TPSA) is 66.5 Å². The van der Waals surface area contributed by atoms with Crippen molar-refractivity contribution in [3.8, 4) is 0 Å². The minimum atomic E-state index is -3.11. The van der Waals surface area contributed by atoms with Gasteiger partial charge in [-0.15, -0.1) is 11.3 Å². The number of nitrogens with zero attached hydrogens (tertiary/aromatic N) is 1. The Morgan fingerprint density at radius 1 is 1.43 bits per heavy atom. The highest BCUT2D eigenvalue weighted by molar-refractivity contribution is 7.88. The number of piperidine rings is 1. The highest BCUT2D eigenvalue weighted by Gasteiger charge is 2.25. The first-order valence-electron chi connectivity index (χ1n) is 6.45. The molecule has 0 unspecified atom stereocenters. The Bertz CT molecular complexity index is 622. The molecular weight excluding hydrogens is 355 g/mol. The summed E-state index contributed by atoms with van der Waals surface area (Å²) in [4.78, 5) is 12.0. The maximum absolute atomic E-state index is 12.0. The van der Waals surface area contributed by atoms with E-state index in [0.717, 1.165) is 24.2 Å². The number of nitrogens with one attached hydrogen (secondary N) is 1. The minimum absolute atomic E-state index is 0.242. The molecule has 118 valence electrons. The van der Waals surface area contributed by atoms with Gasteiger partial charge in [-0.3, -0.25) is 4.79 Å². The Morgan fingerprint density at radius 2 is 2.05 bits per heavy atom. The average Bonchev–Trinajstić information content (AvgIpc) is 2.74. The summed E-state index contributed by atoms with van der Waals surface area (Å²) in [5, 5.41) is 2.83. The number of halogens is 2. The first kappa shape index (κ1) is 17.0. The zero-order chi connectivity index (χ0) is 15.6. The number of rotatable bonds is 4. The molecule has 0 radical (unpaired) electrons. The number of thiophene rings is 1. The highest BCUT2D eigenvalue weighted by atomic mass is 35.5. The van der Waals surface area contributed by atoms with E-state index in [2.05, 4.69) is 5.32 Å². The number of hydrogen-bond donors (Lipinski definition) is 1. The molecule has 0 spiro atoms. The van der Waals surface area contributed by atoms with Gasteiger partial charge in [0, 0.05) is 19.6 Å². The van der Waals surface area contributed by atoms with Crippen molar-refractivity contribution in [3.63, 3.8) is 0 Å². The van der Waals surface area contributed by atoms with Crippen molar-refractivity contribution in [2.45, 2.75) is 12.8 Å². The lowest BCUT2D eigenvalue weighted by Gasteiger charge is -2.30. The SMILES string of the molecule is CS(=O)(=O)N1CCC(CNC(=O)c2cc(Cl)sc2Cl)CC1. The lowest BCUT2D eigenvalue weighted by atomic mass is 9.98. The second-order valence-electron chi connectivity index (χ2n) is 5.05. The minimum Gasteiger partial charge on any atom is -0.352 e. The van der Waals surface area contributed by atoms with Crippen LogP contribution in [0.5, 0.6) is 0 Å². The summed E-state index contributed by atoms with van der Waals surface area (Å²) in [5.41, 5.74) is 0.389. The number of carbonyl (C=O) groups is 1. The summed E-state index contributed by atoms with van der Waals surface area (Å²) in [6.07, 6.45) is 2.70. The maximum Gasteiger partial charge on any atom is 0.253 e. The summed E-state index contributed by atoms with van der Waals surface area (Å²) < 4.78 is 25.2. The average molecular weight is 371 g/mol. The molecule has 0 aromatic carbocycles. The van der Waals surface area contributed by atoms with Crippen LogP contribution in [0.4, 0.5) is 0 Å². The van der Waals surface area contributed by atoms with Gasteiger partial charge >= 0.3 is 0 Å². The molecule has 0 bridgehead atoms. The van der Waals surface area contributed by atoms with Gasteiger partial charge in [-0.25, -0.2) is 12.7 Å². The van der Waals surface area contributed by atoms with Crippen molar-refractivity contribution >= 4 is 50.5 Å². The fourth-order valence-corrected chi connectivity index (χ4v) is 4.60. The summed E-state index contributed by atoms with van der Waals surface area (Å²) in [7, 11) is -3.11. The summed E-state index contributed by atoms with van der Waals surface area (Å²) in [6.45, 7) is 1.52. The van der Waals surface area contributed by atoms with Gasteiger partial charge in [0.15, 0.2) is 0 Å². The van der Waals surface area contributed by atoms with Gasteiger partial charge in [0.2, 0.25) is 10.0 Å². The molecule has 0 saturated carbocycles. The van der Waals surface area contributed by atoms with Gasteiger partial charge in [0.1, 0.15) is 4.34 Å². The van der Waals surface area contributed by atoms with Crippen molar-refractivity contribution in [1.29, 1.82) is 0 Å². The molecule has 1 aromatic rings. The Labute approximate surface area is 138 Å². The molecular formula is C12H16Cl2N2O3S2. The lowest BCUT2D eigenvalue weighted by molar-refractivity contribution is 0.0942. The number of carbonyl (C=O) groups excluding carboxylic acids is 1. The third-order valence-corrected chi connectivity index (χ3v) is 6.29. The van der Waals surface area contributed by atoms with E-state index in [4.69, 9.17) is 23.2 Å². The predicted octanol–water partition coefficient (Wildman–Crippen LogP) is 2.46. The number of sulfonamides is 1. The van der Waals surface area contributed by atoms with Crippen LogP contribution in [0, 0.1) is 5.92 Å². The van der Waals surface area contributed by atoms with Gasteiger partial charge < -0.3 is 5.32 Å². The lowest BCUT2D eigenvalue weighted by Crippen LogP contribution is -2.41. The Balaban J connectivity index is 1.82. The van der Waals surface area contributed by atoms with Crippen molar-refractivity contribution in [3.05, 3.63) is 20.3 Å². The van der Waals surface area contributed by atoms with Gasteiger partial charge in [-0.1, -0.05) is 23.2 Å². The van der Waals surface area contributed by atoms with Gasteiger partial charge in [0.25, 0.3) is 5.91 Å². The van der Waals surface area contributed by atoms with Crippen LogP contribution in [0.1, 0.15) is 23.2 Å². The molecule has 2 rings (SSSR count). The van der Waals surface area contributed by atoms with Crippen LogP contribution in [0.15, 0.2) is 6.07 Å². The molecule has 21 heavy (non-hydrogen) atoms. The van der Waals surface area contributed by atoms with E-state index in [0.29, 0.717) is 33.9 Å². The smallest absolute Gasteiger partial charge is 0.253 e. The third kappa shape index (κ3) is 4.56. The first-order chi connectivity index (χ1) is 9.77. The fraction of sp³-hybridized carbons (Fsp3) is 0.583. The maximum atomic E-state index is 12.0. The van der Waals surface area contributed by atoms with E-state index in [1.54, 1.807) is 6.07 Å². The van der Waals surface area contributed by atoms with E-state index in [-0.39, 0.29) is 11.8 Å². The van der Waals surface area contributed by atoms with Crippen LogP contribution in [0.2, 0.25) is 8.67 Å². The Morgan fingerprint density at radius 3 is 2.52 bits per heavy atom. The second kappa shape index (κ2) is 6.83. The highest BCUT2D eigenvalue weighted by Crippen LogP contribution is 2.31. The fourth-order valence-electron chi connectivity index (χ4n) is 2.27. The van der Waals surface area contributed by atoms with Crippen molar-refractivity contribution < 1.29 is 13.2 Å². The van der Waals surface area contributed by atoms with Crippen molar-refractivity contribution in [2.75, 3.05) is 25.9 Å². The molecule has 1 saturated heterocycles. The van der Waals surface area contributed by atoms with Crippen LogP contribution < -0.4 is 5.32 Å². The second-order valence-corrected chi connectivity index (χ2v) is 9.32. The Kier molecular flexibility index (Phi) is 5.54. The van der Waals surface area contributed by atoms with E-state index < -0.39 is 10.0 Å². The molecule has 2 heterocycles. The van der Waals surface area contributed by atoms with Crippen molar-refractivity contribution in [1.82, 2.24) is 9.62 Å². The van der Waals surface area contributed by atoms with Crippen LogP contribution in [0.25, 0.3) is 0 Å². The van der Waals surface area contributed by atoms with Crippen LogP contribution in [0.3, 0.4) is 0 Å². The zero-order valence-corrected chi connectivity index (χ0v) is 14.6. The quantitative estimate of drug-likeness (QED) is 0.884. The number of amides is 1. The molecule has 1 fully saturated rings. The molecule has 1 aliphatic heterocycles. The molecule has 0 aliphatic carbocycles. The molecule has 1 aliphatic rings. The predicted molar refractivity (Wildman–Crippen MR) is 85.8 cm³/mol. The summed E-state index contributed by atoms with van der Waals surface area (Å²) in [6, 6.07) is 1.55. The first-order valence-corrected chi connectivity index (χ1v) is 9.87. The number of hydrogen-bond acceptors (Lipinski definition) is 4. The third-order valence-electron chi connectivity index (χ3n) is 3.50. The van der Waals surface area contributed by atoms with E-state index in [1.165, 1.54) is 10.6 Å². The largest absolute Gasteiger partial charge is 0.352 e.